The summed E-state index contributed by atoms with van der Waals surface area (Å²) in [6.07, 6.45) is 3.46. The maximum Gasteiger partial charge on any atom is 0.257 e. The number of oxazole rings is 1. The Bertz CT molecular complexity index is 784. The fourth-order valence-corrected chi connectivity index (χ4v) is 3.26. The van der Waals surface area contributed by atoms with Crippen molar-refractivity contribution in [3.05, 3.63) is 54.4 Å². The van der Waals surface area contributed by atoms with E-state index >= 15 is 0 Å². The molecule has 1 atom stereocenters. The molecule has 1 amide bonds. The highest BCUT2D eigenvalue weighted by molar-refractivity contribution is 8.00. The Kier molecular flexibility index (Phi) is 5.15. The van der Waals surface area contributed by atoms with E-state index in [9.17, 15) is 4.79 Å². The van der Waals surface area contributed by atoms with Crippen molar-refractivity contribution >= 4 is 28.8 Å². The van der Waals surface area contributed by atoms with Crippen molar-refractivity contribution in [2.45, 2.75) is 30.9 Å². The summed E-state index contributed by atoms with van der Waals surface area (Å²) in [5, 5.41) is 3.22. The zero-order valence-electron chi connectivity index (χ0n) is 13.6. The third kappa shape index (κ3) is 3.94. The molecule has 0 fully saturated rings. The van der Waals surface area contributed by atoms with Crippen LogP contribution in [0.1, 0.15) is 19.4 Å². The van der Waals surface area contributed by atoms with Crippen LogP contribution >= 0.6 is 11.8 Å². The second-order valence-corrected chi connectivity index (χ2v) is 6.90. The zero-order valence-corrected chi connectivity index (χ0v) is 14.4. The second kappa shape index (κ2) is 7.49. The number of para-hydroxylation sites is 2. The van der Waals surface area contributed by atoms with Crippen molar-refractivity contribution in [2.75, 3.05) is 0 Å². The monoisotopic (exact) mass is 341 g/mol. The van der Waals surface area contributed by atoms with Crippen molar-refractivity contribution in [1.29, 1.82) is 0 Å². The first-order chi connectivity index (χ1) is 11.6. The highest BCUT2D eigenvalue weighted by Crippen LogP contribution is 2.30. The molecule has 6 heteroatoms. The Morgan fingerprint density at radius 2 is 2.08 bits per heavy atom. The summed E-state index contributed by atoms with van der Waals surface area (Å²) < 4.78 is 5.72. The summed E-state index contributed by atoms with van der Waals surface area (Å²) in [7, 11) is 0. The van der Waals surface area contributed by atoms with Gasteiger partial charge in [-0.05, 0) is 29.7 Å². The first-order valence-corrected chi connectivity index (χ1v) is 8.70. The number of thioether (sulfide) groups is 1. The highest BCUT2D eigenvalue weighted by atomic mass is 32.2. The van der Waals surface area contributed by atoms with Crippen LogP contribution in [-0.4, -0.2) is 21.1 Å². The van der Waals surface area contributed by atoms with Gasteiger partial charge in [-0.1, -0.05) is 43.8 Å². The van der Waals surface area contributed by atoms with Crippen LogP contribution in [0.4, 0.5) is 0 Å². The van der Waals surface area contributed by atoms with Gasteiger partial charge in [-0.3, -0.25) is 9.78 Å². The third-order valence-corrected chi connectivity index (χ3v) is 4.94. The summed E-state index contributed by atoms with van der Waals surface area (Å²) >= 11 is 1.36. The Hall–Kier alpha value is -2.34. The Labute approximate surface area is 144 Å². The van der Waals surface area contributed by atoms with Crippen LogP contribution in [0.15, 0.2) is 58.4 Å². The number of nitrogens with zero attached hydrogens (tertiary/aromatic N) is 2. The van der Waals surface area contributed by atoms with E-state index in [-0.39, 0.29) is 17.1 Å². The topological polar surface area (TPSA) is 68.0 Å². The zero-order chi connectivity index (χ0) is 16.9. The lowest BCUT2D eigenvalue weighted by molar-refractivity contribution is -0.121. The summed E-state index contributed by atoms with van der Waals surface area (Å²) in [6, 6.07) is 11.4. The molecule has 3 rings (SSSR count). The molecule has 0 saturated carbocycles. The second-order valence-electron chi connectivity index (χ2n) is 5.81. The molecule has 5 nitrogen and oxygen atoms in total. The largest absolute Gasteiger partial charge is 0.431 e. The van der Waals surface area contributed by atoms with E-state index in [0.717, 1.165) is 16.7 Å². The molecule has 0 radical (unpaired) electrons. The van der Waals surface area contributed by atoms with E-state index in [1.165, 1.54) is 11.8 Å². The molecule has 1 N–H and O–H groups in total. The number of rotatable bonds is 6. The average molecular weight is 341 g/mol. The van der Waals surface area contributed by atoms with Gasteiger partial charge in [0.2, 0.25) is 5.91 Å². The number of aromatic nitrogens is 2. The highest BCUT2D eigenvalue weighted by Gasteiger charge is 2.25. The molecule has 2 heterocycles. The lowest BCUT2D eigenvalue weighted by Gasteiger charge is -2.18. The Morgan fingerprint density at radius 3 is 2.79 bits per heavy atom. The number of amides is 1. The Balaban J connectivity index is 1.68. The summed E-state index contributed by atoms with van der Waals surface area (Å²) in [6.45, 7) is 4.50. The van der Waals surface area contributed by atoms with Crippen LogP contribution in [0.25, 0.3) is 11.1 Å². The van der Waals surface area contributed by atoms with Gasteiger partial charge in [-0.2, -0.15) is 0 Å². The van der Waals surface area contributed by atoms with Crippen LogP contribution in [0.2, 0.25) is 0 Å². The van der Waals surface area contributed by atoms with Gasteiger partial charge >= 0.3 is 0 Å². The number of pyridine rings is 1. The van der Waals surface area contributed by atoms with Crippen molar-refractivity contribution in [1.82, 2.24) is 15.3 Å². The minimum Gasteiger partial charge on any atom is -0.431 e. The first-order valence-electron chi connectivity index (χ1n) is 7.82. The van der Waals surface area contributed by atoms with E-state index in [1.54, 1.807) is 12.4 Å². The quantitative estimate of drug-likeness (QED) is 0.693. The van der Waals surface area contributed by atoms with Gasteiger partial charge in [-0.25, -0.2) is 4.98 Å². The van der Waals surface area contributed by atoms with Gasteiger partial charge < -0.3 is 9.73 Å². The van der Waals surface area contributed by atoms with Crippen molar-refractivity contribution in [2.24, 2.45) is 5.92 Å². The normalized spacial score (nSPS) is 12.5. The lowest BCUT2D eigenvalue weighted by atomic mass is 10.1. The number of hydrogen-bond donors (Lipinski definition) is 1. The van der Waals surface area contributed by atoms with Gasteiger partial charge in [0.05, 0.1) is 5.25 Å². The molecule has 0 aliphatic heterocycles. The molecule has 0 aliphatic rings. The fraction of sp³-hybridized carbons (Fsp3) is 0.278. The van der Waals surface area contributed by atoms with Crippen LogP contribution < -0.4 is 5.32 Å². The number of carbonyl (C=O) groups excluding carboxylic acids is 1. The van der Waals surface area contributed by atoms with E-state index in [4.69, 9.17) is 4.42 Å². The van der Waals surface area contributed by atoms with Gasteiger partial charge in [0.1, 0.15) is 5.52 Å². The molecule has 0 spiro atoms. The Morgan fingerprint density at radius 1 is 1.25 bits per heavy atom. The maximum absolute atomic E-state index is 12.6. The lowest BCUT2D eigenvalue weighted by Crippen LogP contribution is -2.35. The van der Waals surface area contributed by atoms with Crippen molar-refractivity contribution in [3.8, 4) is 0 Å². The molecule has 24 heavy (non-hydrogen) atoms. The SMILES string of the molecule is CC(C)[C@@H](Sc1nc2ccccc2o1)C(=O)NCc1cccnc1. The molecule has 1 aromatic carbocycles. The molecule has 0 aliphatic carbocycles. The smallest absolute Gasteiger partial charge is 0.257 e. The predicted molar refractivity (Wildman–Crippen MR) is 94.6 cm³/mol. The number of hydrogen-bond acceptors (Lipinski definition) is 5. The van der Waals surface area contributed by atoms with E-state index in [1.807, 2.05) is 50.2 Å². The molecule has 2 aromatic heterocycles. The molecule has 0 saturated heterocycles. The fourth-order valence-electron chi connectivity index (χ4n) is 2.29. The number of fused-ring (bicyclic) bond motifs is 1. The molecular weight excluding hydrogens is 322 g/mol. The summed E-state index contributed by atoms with van der Waals surface area (Å²) in [5.41, 5.74) is 2.51. The van der Waals surface area contributed by atoms with Crippen molar-refractivity contribution < 1.29 is 9.21 Å². The minimum absolute atomic E-state index is 0.0268. The van der Waals surface area contributed by atoms with Gasteiger partial charge in [0.15, 0.2) is 5.58 Å². The van der Waals surface area contributed by atoms with Gasteiger partial charge in [-0.15, -0.1) is 0 Å². The average Bonchev–Trinajstić information content (AvgIpc) is 3.01. The van der Waals surface area contributed by atoms with Crippen LogP contribution in [0.3, 0.4) is 0 Å². The van der Waals surface area contributed by atoms with Crippen LogP contribution in [0.5, 0.6) is 0 Å². The molecule has 3 aromatic rings. The number of benzene rings is 1. The van der Waals surface area contributed by atoms with E-state index in [2.05, 4.69) is 15.3 Å². The maximum atomic E-state index is 12.6. The van der Waals surface area contributed by atoms with Crippen molar-refractivity contribution in [3.63, 3.8) is 0 Å². The van der Waals surface area contributed by atoms with Gasteiger partial charge in [0.25, 0.3) is 5.22 Å². The predicted octanol–water partition coefficient (Wildman–Crippen LogP) is 3.66. The first kappa shape index (κ1) is 16.5. The number of nitrogens with one attached hydrogen (secondary N) is 1. The van der Waals surface area contributed by atoms with E-state index < -0.39 is 0 Å². The molecular formula is C18H19N3O2S. The molecule has 0 bridgehead atoms. The minimum atomic E-state index is -0.269. The number of carbonyl (C=O) groups is 1. The summed E-state index contributed by atoms with van der Waals surface area (Å²) in [5.74, 6) is 0.125. The third-order valence-electron chi connectivity index (χ3n) is 3.56. The van der Waals surface area contributed by atoms with Gasteiger partial charge in [0, 0.05) is 18.9 Å². The van der Waals surface area contributed by atoms with E-state index in [0.29, 0.717) is 11.8 Å². The standard InChI is InChI=1S/C18H19N3O2S/c1-12(2)16(17(22)20-11-13-6-5-9-19-10-13)24-18-21-14-7-3-4-8-15(14)23-18/h3-10,12,16H,11H2,1-2H3,(H,20,22)/t16-/m1/s1. The molecule has 0 unspecified atom stereocenters. The van der Waals surface area contributed by atoms with Crippen LogP contribution in [0, 0.1) is 5.92 Å². The molecule has 124 valence electrons. The van der Waals surface area contributed by atoms with Crippen LogP contribution in [-0.2, 0) is 11.3 Å². The summed E-state index contributed by atoms with van der Waals surface area (Å²) in [4.78, 5) is 21.1.